The summed E-state index contributed by atoms with van der Waals surface area (Å²) in [6.07, 6.45) is 4.36. The maximum atomic E-state index is 12.6. The second kappa shape index (κ2) is 8.44. The van der Waals surface area contributed by atoms with E-state index in [0.29, 0.717) is 10.8 Å². The van der Waals surface area contributed by atoms with Gasteiger partial charge in [0.05, 0.1) is 11.3 Å². The zero-order valence-corrected chi connectivity index (χ0v) is 18.7. The summed E-state index contributed by atoms with van der Waals surface area (Å²) in [6, 6.07) is 11.7. The summed E-state index contributed by atoms with van der Waals surface area (Å²) >= 11 is 11.3. The first-order valence-corrected chi connectivity index (χ1v) is 11.5. The molecule has 144 valence electrons. The number of pyridine rings is 1. The third-order valence-electron chi connectivity index (χ3n) is 4.98. The Morgan fingerprint density at radius 1 is 1.21 bits per heavy atom. The van der Waals surface area contributed by atoms with Crippen molar-refractivity contribution in [2.24, 2.45) is 0 Å². The highest BCUT2D eigenvalue weighted by Gasteiger charge is 2.19. The minimum absolute atomic E-state index is 0.00743. The number of hydrogen-bond acceptors (Lipinski definition) is 3. The molecule has 6 heteroatoms. The summed E-state index contributed by atoms with van der Waals surface area (Å²) in [7, 11) is 0. The van der Waals surface area contributed by atoms with E-state index in [1.165, 1.54) is 24.1 Å². The molecule has 1 aliphatic rings. The first-order valence-electron chi connectivity index (χ1n) is 9.31. The number of rotatable bonds is 4. The quantitative estimate of drug-likeness (QED) is 0.434. The highest BCUT2D eigenvalue weighted by atomic mass is 79.9. The van der Waals surface area contributed by atoms with E-state index in [4.69, 9.17) is 16.6 Å². The number of aromatic nitrogens is 1. The number of fused-ring (bicyclic) bond motifs is 2. The fraction of sp³-hybridized carbons (Fsp3) is 0.273. The van der Waals surface area contributed by atoms with Gasteiger partial charge < -0.3 is 5.32 Å². The van der Waals surface area contributed by atoms with Gasteiger partial charge in [0, 0.05) is 31.2 Å². The largest absolute Gasteiger partial charge is 0.325 e. The van der Waals surface area contributed by atoms with Crippen molar-refractivity contribution in [2.45, 2.75) is 37.5 Å². The summed E-state index contributed by atoms with van der Waals surface area (Å²) in [6.45, 7) is 1.99. The topological polar surface area (TPSA) is 42.0 Å². The predicted molar refractivity (Wildman–Crippen MR) is 122 cm³/mol. The summed E-state index contributed by atoms with van der Waals surface area (Å²) in [5.74, 6) is 0.347. The second-order valence-corrected chi connectivity index (χ2v) is 9.37. The van der Waals surface area contributed by atoms with Crippen LogP contribution in [0.5, 0.6) is 0 Å². The van der Waals surface area contributed by atoms with Crippen LogP contribution in [-0.4, -0.2) is 16.6 Å². The van der Waals surface area contributed by atoms with Gasteiger partial charge in [-0.25, -0.2) is 0 Å². The Hall–Kier alpha value is -1.56. The lowest BCUT2D eigenvalue weighted by molar-refractivity contribution is -0.113. The molecule has 28 heavy (non-hydrogen) atoms. The molecule has 3 aromatic rings. The van der Waals surface area contributed by atoms with Gasteiger partial charge in [0.2, 0.25) is 5.91 Å². The van der Waals surface area contributed by atoms with Gasteiger partial charge in [-0.3, -0.25) is 9.78 Å². The molecule has 0 unspecified atom stereocenters. The minimum Gasteiger partial charge on any atom is -0.325 e. The van der Waals surface area contributed by atoms with E-state index in [0.717, 1.165) is 44.4 Å². The standard InChI is InChI=1S/C22H20BrClN2OS/c1-13-10-14(23)6-8-18(13)26-21(27)12-28-22-16-4-2-3-5-19(16)25-20-9-7-15(24)11-17(20)22/h6-11H,2-5,12H2,1H3,(H,26,27). The van der Waals surface area contributed by atoms with Crippen molar-refractivity contribution < 1.29 is 4.79 Å². The predicted octanol–water partition coefficient (Wildman–Crippen LogP) is 6.57. The number of carbonyl (C=O) groups excluding carboxylic acids is 1. The molecule has 1 aromatic heterocycles. The molecular weight excluding hydrogens is 456 g/mol. The fourth-order valence-electron chi connectivity index (χ4n) is 3.61. The highest BCUT2D eigenvalue weighted by Crippen LogP contribution is 2.37. The van der Waals surface area contributed by atoms with Crippen LogP contribution >= 0.6 is 39.3 Å². The van der Waals surface area contributed by atoms with Crippen LogP contribution in [0.1, 0.15) is 29.7 Å². The molecule has 4 rings (SSSR count). The van der Waals surface area contributed by atoms with Crippen LogP contribution in [-0.2, 0) is 17.6 Å². The van der Waals surface area contributed by atoms with E-state index in [2.05, 4.69) is 21.2 Å². The molecule has 0 aliphatic heterocycles. The van der Waals surface area contributed by atoms with Crippen LogP contribution in [0.3, 0.4) is 0 Å². The molecule has 1 aliphatic carbocycles. The van der Waals surface area contributed by atoms with E-state index in [1.807, 2.05) is 43.3 Å². The summed E-state index contributed by atoms with van der Waals surface area (Å²) < 4.78 is 1.00. The lowest BCUT2D eigenvalue weighted by Crippen LogP contribution is -2.15. The lowest BCUT2D eigenvalue weighted by atomic mass is 9.94. The first-order chi connectivity index (χ1) is 13.5. The van der Waals surface area contributed by atoms with Crippen LogP contribution in [0.4, 0.5) is 5.69 Å². The van der Waals surface area contributed by atoms with E-state index >= 15 is 0 Å². The van der Waals surface area contributed by atoms with Gasteiger partial charge in [-0.1, -0.05) is 27.5 Å². The number of anilines is 1. The van der Waals surface area contributed by atoms with Crippen molar-refractivity contribution in [2.75, 3.05) is 11.1 Å². The van der Waals surface area contributed by atoms with E-state index in [9.17, 15) is 4.79 Å². The van der Waals surface area contributed by atoms with Crippen LogP contribution < -0.4 is 5.32 Å². The number of nitrogens with zero attached hydrogens (tertiary/aromatic N) is 1. The Kier molecular flexibility index (Phi) is 5.95. The van der Waals surface area contributed by atoms with Gasteiger partial charge in [0.1, 0.15) is 0 Å². The third kappa shape index (κ3) is 4.22. The zero-order valence-electron chi connectivity index (χ0n) is 15.5. The highest BCUT2D eigenvalue weighted by molar-refractivity contribution is 9.10. The SMILES string of the molecule is Cc1cc(Br)ccc1NC(=O)CSc1c2c(nc3ccc(Cl)cc13)CCCC2. The number of aryl methyl sites for hydroxylation is 2. The number of halogens is 2. The van der Waals surface area contributed by atoms with Gasteiger partial charge in [-0.05, 0) is 80.1 Å². The lowest BCUT2D eigenvalue weighted by Gasteiger charge is -2.20. The molecular formula is C22H20BrClN2OS. The number of thioether (sulfide) groups is 1. The monoisotopic (exact) mass is 474 g/mol. The molecule has 0 bridgehead atoms. The van der Waals surface area contributed by atoms with Crippen molar-refractivity contribution in [3.05, 3.63) is 62.7 Å². The Bertz CT molecular complexity index is 1070. The summed E-state index contributed by atoms with van der Waals surface area (Å²) in [5.41, 5.74) is 5.30. The molecule has 2 aromatic carbocycles. The van der Waals surface area contributed by atoms with Gasteiger partial charge in [0.15, 0.2) is 0 Å². The van der Waals surface area contributed by atoms with Crippen molar-refractivity contribution in [1.82, 2.24) is 4.98 Å². The van der Waals surface area contributed by atoms with E-state index in [-0.39, 0.29) is 5.91 Å². The van der Waals surface area contributed by atoms with Crippen molar-refractivity contribution in [3.8, 4) is 0 Å². The average Bonchev–Trinajstić information content (AvgIpc) is 2.67. The average molecular weight is 476 g/mol. The molecule has 3 nitrogen and oxygen atoms in total. The minimum atomic E-state index is -0.00743. The van der Waals surface area contributed by atoms with E-state index < -0.39 is 0 Å². The molecule has 0 atom stereocenters. The fourth-order valence-corrected chi connectivity index (χ4v) is 5.32. The molecule has 0 saturated heterocycles. The second-order valence-electron chi connectivity index (χ2n) is 7.03. The van der Waals surface area contributed by atoms with Crippen LogP contribution in [0.25, 0.3) is 10.9 Å². The molecule has 1 amide bonds. The number of amides is 1. The molecule has 0 saturated carbocycles. The summed E-state index contributed by atoms with van der Waals surface area (Å²) in [4.78, 5) is 18.6. The maximum Gasteiger partial charge on any atom is 0.234 e. The zero-order chi connectivity index (χ0) is 19.7. The Morgan fingerprint density at radius 2 is 2.04 bits per heavy atom. The Labute approximate surface area is 182 Å². The summed E-state index contributed by atoms with van der Waals surface area (Å²) in [5, 5.41) is 4.77. The molecule has 0 radical (unpaired) electrons. The van der Waals surface area contributed by atoms with Crippen LogP contribution in [0, 0.1) is 6.92 Å². The smallest absolute Gasteiger partial charge is 0.234 e. The number of hydrogen-bond donors (Lipinski definition) is 1. The normalized spacial score (nSPS) is 13.4. The number of carbonyl (C=O) groups is 1. The Morgan fingerprint density at radius 3 is 2.86 bits per heavy atom. The molecule has 0 spiro atoms. The molecule has 0 fully saturated rings. The molecule has 1 heterocycles. The third-order valence-corrected chi connectivity index (χ3v) is 6.87. The van der Waals surface area contributed by atoms with Gasteiger partial charge in [-0.15, -0.1) is 11.8 Å². The number of benzene rings is 2. The Balaban J connectivity index is 1.60. The van der Waals surface area contributed by atoms with Gasteiger partial charge in [-0.2, -0.15) is 0 Å². The van der Waals surface area contributed by atoms with Crippen molar-refractivity contribution >= 4 is 61.8 Å². The van der Waals surface area contributed by atoms with Crippen molar-refractivity contribution in [1.29, 1.82) is 0 Å². The van der Waals surface area contributed by atoms with Gasteiger partial charge >= 0.3 is 0 Å². The van der Waals surface area contributed by atoms with Crippen LogP contribution in [0.15, 0.2) is 45.8 Å². The van der Waals surface area contributed by atoms with Crippen LogP contribution in [0.2, 0.25) is 5.02 Å². The van der Waals surface area contributed by atoms with E-state index in [1.54, 1.807) is 11.8 Å². The first kappa shape index (κ1) is 19.7. The van der Waals surface area contributed by atoms with Crippen molar-refractivity contribution in [3.63, 3.8) is 0 Å². The molecule has 1 N–H and O–H groups in total. The maximum absolute atomic E-state index is 12.6. The van der Waals surface area contributed by atoms with Gasteiger partial charge in [0.25, 0.3) is 0 Å². The number of nitrogens with one attached hydrogen (secondary N) is 1.